The molecule has 1 fully saturated rings. The maximum atomic E-state index is 13.2. The van der Waals surface area contributed by atoms with Gasteiger partial charge in [-0.05, 0) is 44.7 Å². The van der Waals surface area contributed by atoms with Gasteiger partial charge in [0.25, 0.3) is 0 Å². The van der Waals surface area contributed by atoms with E-state index in [1.807, 2.05) is 13.8 Å². The molecule has 28 heavy (non-hydrogen) atoms. The van der Waals surface area contributed by atoms with E-state index in [1.54, 1.807) is 12.1 Å². The predicted octanol–water partition coefficient (Wildman–Crippen LogP) is 1.82. The minimum absolute atomic E-state index is 0.199. The highest BCUT2D eigenvalue weighted by molar-refractivity contribution is 7.88. The zero-order chi connectivity index (χ0) is 20.6. The van der Waals surface area contributed by atoms with E-state index in [0.717, 1.165) is 25.9 Å². The third-order valence-electron chi connectivity index (χ3n) is 4.58. The first-order valence-electron chi connectivity index (χ1n) is 9.67. The number of sulfonamides is 1. The van der Waals surface area contributed by atoms with Crippen molar-refractivity contribution in [2.24, 2.45) is 10.9 Å². The zero-order valence-corrected chi connectivity index (χ0v) is 17.6. The minimum atomic E-state index is -3.10. The number of ether oxygens (including phenoxy) is 1. The van der Waals surface area contributed by atoms with Crippen LogP contribution in [0.1, 0.15) is 26.7 Å². The highest BCUT2D eigenvalue weighted by Crippen LogP contribution is 2.18. The van der Waals surface area contributed by atoms with Gasteiger partial charge in [0.15, 0.2) is 5.96 Å². The summed E-state index contributed by atoms with van der Waals surface area (Å²) in [6.07, 6.45) is 2.72. The van der Waals surface area contributed by atoms with Crippen molar-refractivity contribution in [2.45, 2.75) is 32.8 Å². The second-order valence-electron chi connectivity index (χ2n) is 7.09. The van der Waals surface area contributed by atoms with E-state index in [4.69, 9.17) is 4.74 Å². The highest BCUT2D eigenvalue weighted by Gasteiger charge is 2.24. The summed E-state index contributed by atoms with van der Waals surface area (Å²) in [6.45, 7) is 6.92. The van der Waals surface area contributed by atoms with E-state index in [2.05, 4.69) is 15.6 Å². The first kappa shape index (κ1) is 22.4. The zero-order valence-electron chi connectivity index (χ0n) is 16.8. The molecule has 1 aromatic carbocycles. The number of halogens is 1. The van der Waals surface area contributed by atoms with Crippen molar-refractivity contribution in [3.8, 4) is 5.75 Å². The van der Waals surface area contributed by atoms with E-state index >= 15 is 0 Å². The van der Waals surface area contributed by atoms with Crippen LogP contribution in [0.25, 0.3) is 0 Å². The number of guanidine groups is 1. The summed E-state index contributed by atoms with van der Waals surface area (Å²) in [4.78, 5) is 4.54. The van der Waals surface area contributed by atoms with Crippen molar-refractivity contribution in [3.63, 3.8) is 0 Å². The molecule has 1 saturated heterocycles. The fraction of sp³-hybridized carbons (Fsp3) is 0.632. The fourth-order valence-electron chi connectivity index (χ4n) is 3.06. The van der Waals surface area contributed by atoms with Crippen LogP contribution in [-0.4, -0.2) is 63.8 Å². The summed E-state index contributed by atoms with van der Waals surface area (Å²) < 4.78 is 43.7. The lowest BCUT2D eigenvalue weighted by Crippen LogP contribution is -2.44. The predicted molar refractivity (Wildman–Crippen MR) is 110 cm³/mol. The van der Waals surface area contributed by atoms with Gasteiger partial charge in [-0.3, -0.25) is 0 Å². The van der Waals surface area contributed by atoms with Crippen molar-refractivity contribution in [2.75, 3.05) is 39.0 Å². The Balaban J connectivity index is 1.80. The summed E-state index contributed by atoms with van der Waals surface area (Å²) in [5.41, 5.74) is 0. The number of nitrogens with zero attached hydrogens (tertiary/aromatic N) is 2. The summed E-state index contributed by atoms with van der Waals surface area (Å²) in [5, 5.41) is 6.53. The van der Waals surface area contributed by atoms with Crippen LogP contribution in [0.4, 0.5) is 4.39 Å². The Morgan fingerprint density at radius 1 is 1.36 bits per heavy atom. The van der Waals surface area contributed by atoms with Gasteiger partial charge in [-0.2, -0.15) is 0 Å². The maximum Gasteiger partial charge on any atom is 0.211 e. The maximum absolute atomic E-state index is 13.2. The Morgan fingerprint density at radius 3 is 2.68 bits per heavy atom. The van der Waals surface area contributed by atoms with Gasteiger partial charge >= 0.3 is 0 Å². The molecule has 2 rings (SSSR count). The molecule has 0 aromatic heterocycles. The molecule has 1 heterocycles. The third-order valence-corrected chi connectivity index (χ3v) is 5.89. The lowest BCUT2D eigenvalue weighted by Gasteiger charge is -2.30. The number of nitrogens with one attached hydrogen (secondary N) is 2. The fourth-order valence-corrected chi connectivity index (χ4v) is 3.93. The topological polar surface area (TPSA) is 83.0 Å². The Morgan fingerprint density at radius 2 is 2.07 bits per heavy atom. The number of benzene rings is 1. The van der Waals surface area contributed by atoms with Gasteiger partial charge in [0.05, 0.1) is 12.8 Å². The Labute approximate surface area is 167 Å². The van der Waals surface area contributed by atoms with Crippen molar-refractivity contribution in [1.29, 1.82) is 0 Å². The van der Waals surface area contributed by atoms with Gasteiger partial charge in [-0.25, -0.2) is 22.1 Å². The molecular weight excluding hydrogens is 383 g/mol. The van der Waals surface area contributed by atoms with Crippen LogP contribution < -0.4 is 15.4 Å². The number of rotatable bonds is 8. The molecule has 9 heteroatoms. The molecule has 1 aliphatic heterocycles. The lowest BCUT2D eigenvalue weighted by molar-refractivity contribution is 0.229. The van der Waals surface area contributed by atoms with Gasteiger partial charge in [-0.1, -0.05) is 6.07 Å². The molecule has 0 spiro atoms. The number of hydrogen-bond donors (Lipinski definition) is 2. The standard InChI is InChI=1S/C19H31FN4O3S/c1-4-21-19(22-13-15(2)27-18-7-5-6-17(20)12-18)23-14-16-8-10-24(11-9-16)28(3,25)26/h5-7,12,15-16H,4,8-11,13-14H2,1-3H3,(H2,21,22,23). The van der Waals surface area contributed by atoms with E-state index in [-0.39, 0.29) is 11.9 Å². The van der Waals surface area contributed by atoms with E-state index in [0.29, 0.717) is 37.3 Å². The molecule has 1 aliphatic rings. The summed E-state index contributed by atoms with van der Waals surface area (Å²) in [5.74, 6) is 1.26. The largest absolute Gasteiger partial charge is 0.489 e. The molecule has 0 aliphatic carbocycles. The number of aliphatic imine (C=N–C) groups is 1. The van der Waals surface area contributed by atoms with Crippen molar-refractivity contribution in [1.82, 2.24) is 14.9 Å². The van der Waals surface area contributed by atoms with Crippen LogP contribution in [0.15, 0.2) is 29.3 Å². The van der Waals surface area contributed by atoms with Gasteiger partial charge in [-0.15, -0.1) is 0 Å². The van der Waals surface area contributed by atoms with Crippen LogP contribution in [0.2, 0.25) is 0 Å². The number of hydrogen-bond acceptors (Lipinski definition) is 4. The van der Waals surface area contributed by atoms with Gasteiger partial charge < -0.3 is 15.4 Å². The van der Waals surface area contributed by atoms with Crippen molar-refractivity contribution < 1.29 is 17.5 Å². The average Bonchev–Trinajstić information content (AvgIpc) is 2.63. The minimum Gasteiger partial charge on any atom is -0.489 e. The van der Waals surface area contributed by atoms with Crippen LogP contribution in [0.5, 0.6) is 5.75 Å². The average molecular weight is 415 g/mol. The smallest absolute Gasteiger partial charge is 0.211 e. The molecule has 0 bridgehead atoms. The molecule has 1 atom stereocenters. The third kappa shape index (κ3) is 7.63. The van der Waals surface area contributed by atoms with Crippen LogP contribution >= 0.6 is 0 Å². The van der Waals surface area contributed by atoms with Gasteiger partial charge in [0.1, 0.15) is 17.7 Å². The SMILES string of the molecule is CCNC(=NCC(C)Oc1cccc(F)c1)NCC1CCN(S(C)(=O)=O)CC1. The molecule has 0 radical (unpaired) electrons. The van der Waals surface area contributed by atoms with E-state index < -0.39 is 10.0 Å². The van der Waals surface area contributed by atoms with E-state index in [9.17, 15) is 12.8 Å². The van der Waals surface area contributed by atoms with Gasteiger partial charge in [0.2, 0.25) is 10.0 Å². The molecule has 7 nitrogen and oxygen atoms in total. The Hall–Kier alpha value is -1.87. The Kier molecular flexibility index (Phi) is 8.50. The number of piperidine rings is 1. The highest BCUT2D eigenvalue weighted by atomic mass is 32.2. The molecule has 1 unspecified atom stereocenters. The van der Waals surface area contributed by atoms with Crippen LogP contribution in [0, 0.1) is 11.7 Å². The first-order valence-corrected chi connectivity index (χ1v) is 11.5. The summed E-state index contributed by atoms with van der Waals surface area (Å²) in [6, 6.07) is 6.06. The molecular formula is C19H31FN4O3S. The lowest BCUT2D eigenvalue weighted by atomic mass is 9.98. The van der Waals surface area contributed by atoms with Gasteiger partial charge in [0, 0.05) is 32.2 Å². The van der Waals surface area contributed by atoms with Crippen molar-refractivity contribution in [3.05, 3.63) is 30.1 Å². The first-order chi connectivity index (χ1) is 13.3. The Bertz CT molecular complexity index is 749. The summed E-state index contributed by atoms with van der Waals surface area (Å²) in [7, 11) is -3.10. The van der Waals surface area contributed by atoms with Crippen LogP contribution in [0.3, 0.4) is 0 Å². The normalized spacial score (nSPS) is 17.9. The van der Waals surface area contributed by atoms with E-state index in [1.165, 1.54) is 22.7 Å². The molecule has 2 N–H and O–H groups in total. The second kappa shape index (κ2) is 10.6. The van der Waals surface area contributed by atoms with Crippen molar-refractivity contribution >= 4 is 16.0 Å². The van der Waals surface area contributed by atoms with Crippen LogP contribution in [-0.2, 0) is 10.0 Å². The summed E-state index contributed by atoms with van der Waals surface area (Å²) >= 11 is 0. The molecule has 0 amide bonds. The molecule has 1 aromatic rings. The molecule has 158 valence electrons. The quantitative estimate of drug-likeness (QED) is 0.501. The molecule has 0 saturated carbocycles. The second-order valence-corrected chi connectivity index (χ2v) is 9.07. The monoisotopic (exact) mass is 414 g/mol.